The third kappa shape index (κ3) is 4.52. The summed E-state index contributed by atoms with van der Waals surface area (Å²) < 4.78 is 7.28. The number of aryl methyl sites for hydroxylation is 1. The van der Waals surface area contributed by atoms with Crippen molar-refractivity contribution in [2.24, 2.45) is 0 Å². The molecule has 2 aromatic heterocycles. The number of aromatic nitrogens is 3. The van der Waals surface area contributed by atoms with Gasteiger partial charge < -0.3 is 10.1 Å². The molecule has 1 aliphatic rings. The van der Waals surface area contributed by atoms with E-state index in [1.165, 1.54) is 16.0 Å². The van der Waals surface area contributed by atoms with Crippen LogP contribution in [-0.4, -0.2) is 65.0 Å². The Morgan fingerprint density at radius 2 is 2.00 bits per heavy atom. The zero-order chi connectivity index (χ0) is 20.2. The highest BCUT2D eigenvalue weighted by molar-refractivity contribution is 7.21. The third-order valence-electron chi connectivity index (χ3n) is 4.83. The second kappa shape index (κ2) is 8.81. The molecule has 4 rings (SSSR count). The summed E-state index contributed by atoms with van der Waals surface area (Å²) >= 11 is 1.45. The van der Waals surface area contributed by atoms with E-state index in [0.717, 1.165) is 48.1 Å². The Labute approximate surface area is 172 Å². The Bertz CT molecular complexity index is 1060. The minimum atomic E-state index is -0.340. The van der Waals surface area contributed by atoms with Crippen LogP contribution in [0.2, 0.25) is 0 Å². The number of carbonyl (C=O) groups is 1. The highest BCUT2D eigenvalue weighted by Gasteiger charge is 2.16. The first-order chi connectivity index (χ1) is 14.1. The molecule has 1 amide bonds. The van der Waals surface area contributed by atoms with Crippen molar-refractivity contribution < 1.29 is 9.53 Å². The van der Waals surface area contributed by atoms with Crippen LogP contribution in [0.25, 0.3) is 20.8 Å². The molecule has 1 aliphatic heterocycles. The monoisotopic (exact) mass is 413 g/mol. The number of benzene rings is 1. The first-order valence-corrected chi connectivity index (χ1v) is 10.4. The number of nitrogens with zero attached hydrogens (tertiary/aromatic N) is 4. The molecular formula is C20H23N5O3S. The van der Waals surface area contributed by atoms with E-state index in [1.54, 1.807) is 0 Å². The molecule has 0 spiro atoms. The first kappa shape index (κ1) is 19.7. The predicted molar refractivity (Wildman–Crippen MR) is 112 cm³/mol. The number of nitrogens with one attached hydrogen (secondary N) is 1. The summed E-state index contributed by atoms with van der Waals surface area (Å²) in [6.45, 7) is 6.22. The molecule has 0 atom stereocenters. The molecule has 3 aromatic rings. The highest BCUT2D eigenvalue weighted by atomic mass is 32.1. The van der Waals surface area contributed by atoms with Gasteiger partial charge in [0.05, 0.1) is 23.6 Å². The molecule has 1 fully saturated rings. The molecule has 0 unspecified atom stereocenters. The summed E-state index contributed by atoms with van der Waals surface area (Å²) in [6.07, 6.45) is 0. The first-order valence-electron chi connectivity index (χ1n) is 9.62. The lowest BCUT2D eigenvalue weighted by atomic mass is 10.2. The minimum absolute atomic E-state index is 0.114. The summed E-state index contributed by atoms with van der Waals surface area (Å²) in [7, 11) is 0. The van der Waals surface area contributed by atoms with Gasteiger partial charge in [0.2, 0.25) is 5.91 Å². The van der Waals surface area contributed by atoms with Gasteiger partial charge in [0.1, 0.15) is 11.6 Å². The second-order valence-electron chi connectivity index (χ2n) is 6.91. The van der Waals surface area contributed by atoms with E-state index in [9.17, 15) is 9.59 Å². The van der Waals surface area contributed by atoms with Crippen molar-refractivity contribution in [2.45, 2.75) is 13.5 Å². The van der Waals surface area contributed by atoms with Crippen molar-refractivity contribution in [3.63, 3.8) is 0 Å². The van der Waals surface area contributed by atoms with Crippen molar-refractivity contribution in [3.8, 4) is 10.6 Å². The second-order valence-corrected chi connectivity index (χ2v) is 7.91. The van der Waals surface area contributed by atoms with Crippen LogP contribution in [-0.2, 0) is 16.1 Å². The Balaban J connectivity index is 1.46. The van der Waals surface area contributed by atoms with E-state index in [4.69, 9.17) is 4.74 Å². The third-order valence-corrected chi connectivity index (χ3v) is 6.04. The number of carbonyl (C=O) groups excluding carboxylic acids is 1. The lowest BCUT2D eigenvalue weighted by Crippen LogP contribution is -2.42. The largest absolute Gasteiger partial charge is 0.379 e. The van der Waals surface area contributed by atoms with Gasteiger partial charge in [-0.15, -0.1) is 11.3 Å². The molecule has 1 aromatic carbocycles. The van der Waals surface area contributed by atoms with Gasteiger partial charge >= 0.3 is 0 Å². The van der Waals surface area contributed by atoms with E-state index >= 15 is 0 Å². The molecule has 8 nitrogen and oxygen atoms in total. The standard InChI is InChI=1S/C20H23N5O3S/c1-14-18-17(22-19(29-18)15-5-3-2-4-6-15)20(27)25(23-14)13-16(26)21-7-8-24-9-11-28-12-10-24/h2-6H,7-13H2,1H3,(H,21,26). The summed E-state index contributed by atoms with van der Waals surface area (Å²) in [5, 5.41) is 7.97. The molecule has 0 aliphatic carbocycles. The normalized spacial score (nSPS) is 14.9. The van der Waals surface area contributed by atoms with Crippen LogP contribution in [0.5, 0.6) is 0 Å². The summed E-state index contributed by atoms with van der Waals surface area (Å²) in [5.41, 5.74) is 1.68. The molecule has 152 valence electrons. The number of fused-ring (bicyclic) bond motifs is 1. The van der Waals surface area contributed by atoms with Gasteiger partial charge in [0.25, 0.3) is 5.56 Å². The lowest BCUT2D eigenvalue weighted by molar-refractivity contribution is -0.122. The van der Waals surface area contributed by atoms with Crippen LogP contribution in [0.4, 0.5) is 0 Å². The fourth-order valence-electron chi connectivity index (χ4n) is 3.29. The SMILES string of the molecule is Cc1nn(CC(=O)NCCN2CCOCC2)c(=O)c2nc(-c3ccccc3)sc12. The van der Waals surface area contributed by atoms with Crippen LogP contribution >= 0.6 is 11.3 Å². The van der Waals surface area contributed by atoms with Crippen molar-refractivity contribution in [1.82, 2.24) is 25.0 Å². The minimum Gasteiger partial charge on any atom is -0.379 e. The molecule has 3 heterocycles. The quantitative estimate of drug-likeness (QED) is 0.655. The Hall–Kier alpha value is -2.62. The number of rotatable bonds is 6. The van der Waals surface area contributed by atoms with Gasteiger partial charge in [-0.05, 0) is 6.92 Å². The average molecular weight is 414 g/mol. The number of hydrogen-bond acceptors (Lipinski definition) is 7. The maximum atomic E-state index is 12.8. The number of hydrogen-bond donors (Lipinski definition) is 1. The van der Waals surface area contributed by atoms with Crippen molar-refractivity contribution in [1.29, 1.82) is 0 Å². The maximum Gasteiger partial charge on any atom is 0.294 e. The number of thiazole rings is 1. The Morgan fingerprint density at radius 1 is 1.24 bits per heavy atom. The van der Waals surface area contributed by atoms with Gasteiger partial charge in [0, 0.05) is 31.7 Å². The Morgan fingerprint density at radius 3 is 2.76 bits per heavy atom. The summed E-state index contributed by atoms with van der Waals surface area (Å²) in [5.74, 6) is -0.231. The van der Waals surface area contributed by atoms with E-state index in [-0.39, 0.29) is 18.0 Å². The fraction of sp³-hybridized carbons (Fsp3) is 0.400. The van der Waals surface area contributed by atoms with Gasteiger partial charge in [-0.3, -0.25) is 14.5 Å². The van der Waals surface area contributed by atoms with Crippen LogP contribution < -0.4 is 10.9 Å². The zero-order valence-electron chi connectivity index (χ0n) is 16.3. The average Bonchev–Trinajstić information content (AvgIpc) is 3.20. The van der Waals surface area contributed by atoms with Crippen molar-refractivity contribution in [2.75, 3.05) is 39.4 Å². The molecule has 1 N–H and O–H groups in total. The van der Waals surface area contributed by atoms with Gasteiger partial charge in [-0.2, -0.15) is 5.10 Å². The van der Waals surface area contributed by atoms with Crippen LogP contribution in [0.15, 0.2) is 35.1 Å². The smallest absolute Gasteiger partial charge is 0.294 e. The van der Waals surface area contributed by atoms with Crippen LogP contribution in [0, 0.1) is 6.92 Å². The summed E-state index contributed by atoms with van der Waals surface area (Å²) in [4.78, 5) is 31.9. The van der Waals surface area contributed by atoms with E-state index < -0.39 is 0 Å². The lowest BCUT2D eigenvalue weighted by Gasteiger charge is -2.26. The fourth-order valence-corrected chi connectivity index (χ4v) is 4.29. The van der Waals surface area contributed by atoms with E-state index in [0.29, 0.717) is 17.8 Å². The van der Waals surface area contributed by atoms with Crippen molar-refractivity contribution in [3.05, 3.63) is 46.4 Å². The summed E-state index contributed by atoms with van der Waals surface area (Å²) in [6, 6.07) is 9.73. The number of amides is 1. The predicted octanol–water partition coefficient (Wildman–Crippen LogP) is 1.28. The topological polar surface area (TPSA) is 89.4 Å². The van der Waals surface area contributed by atoms with Crippen LogP contribution in [0.3, 0.4) is 0 Å². The van der Waals surface area contributed by atoms with Gasteiger partial charge in [-0.1, -0.05) is 30.3 Å². The van der Waals surface area contributed by atoms with Gasteiger partial charge in [-0.25, -0.2) is 9.67 Å². The molecule has 9 heteroatoms. The molecular weight excluding hydrogens is 390 g/mol. The van der Waals surface area contributed by atoms with Gasteiger partial charge in [0.15, 0.2) is 5.52 Å². The molecule has 0 bridgehead atoms. The molecule has 1 saturated heterocycles. The number of ether oxygens (including phenoxy) is 1. The Kier molecular flexibility index (Phi) is 5.98. The maximum absolute atomic E-state index is 12.8. The molecule has 0 radical (unpaired) electrons. The van der Waals surface area contributed by atoms with E-state index in [1.807, 2.05) is 37.3 Å². The van der Waals surface area contributed by atoms with Crippen molar-refractivity contribution >= 4 is 27.5 Å². The number of morpholine rings is 1. The highest BCUT2D eigenvalue weighted by Crippen LogP contribution is 2.29. The van der Waals surface area contributed by atoms with Crippen LogP contribution in [0.1, 0.15) is 5.69 Å². The van der Waals surface area contributed by atoms with E-state index in [2.05, 4.69) is 20.3 Å². The zero-order valence-corrected chi connectivity index (χ0v) is 17.1. The molecule has 0 saturated carbocycles. The molecule has 29 heavy (non-hydrogen) atoms.